The van der Waals surface area contributed by atoms with Crippen LogP contribution in [0.3, 0.4) is 0 Å². The third-order valence-corrected chi connectivity index (χ3v) is 2.49. The van der Waals surface area contributed by atoms with Crippen LogP contribution in [0.1, 0.15) is 13.3 Å². The minimum atomic E-state index is 0.148. The van der Waals surface area contributed by atoms with E-state index in [4.69, 9.17) is 0 Å². The maximum Gasteiger partial charge on any atom is 0.228 e. The quantitative estimate of drug-likeness (QED) is 0.577. The molecule has 3 heteroatoms. The lowest BCUT2D eigenvalue weighted by atomic mass is 10.2. The Balaban J connectivity index is 2.50. The van der Waals surface area contributed by atoms with Crippen molar-refractivity contribution in [1.29, 1.82) is 0 Å². The maximum absolute atomic E-state index is 12.0. The Morgan fingerprint density at radius 1 is 1.41 bits per heavy atom. The molecule has 0 unspecified atom stereocenters. The molecule has 0 aliphatic heterocycles. The summed E-state index contributed by atoms with van der Waals surface area (Å²) in [5, 5.41) is 3.13. The van der Waals surface area contributed by atoms with Crippen molar-refractivity contribution in [1.82, 2.24) is 5.32 Å². The van der Waals surface area contributed by atoms with E-state index in [1.165, 1.54) is 0 Å². The van der Waals surface area contributed by atoms with Gasteiger partial charge in [-0.25, -0.2) is 0 Å². The van der Waals surface area contributed by atoms with E-state index in [1.54, 1.807) is 11.0 Å². The summed E-state index contributed by atoms with van der Waals surface area (Å²) >= 11 is 0. The number of hydrogen-bond acceptors (Lipinski definition) is 2. The predicted molar refractivity (Wildman–Crippen MR) is 72.2 cm³/mol. The van der Waals surface area contributed by atoms with Gasteiger partial charge >= 0.3 is 0 Å². The summed E-state index contributed by atoms with van der Waals surface area (Å²) in [6, 6.07) is 9.76. The molecule has 0 saturated carbocycles. The van der Waals surface area contributed by atoms with Gasteiger partial charge in [-0.1, -0.05) is 24.3 Å². The second-order valence-corrected chi connectivity index (χ2v) is 3.72. The van der Waals surface area contributed by atoms with E-state index in [2.05, 4.69) is 11.9 Å². The van der Waals surface area contributed by atoms with Gasteiger partial charge in [0.2, 0.25) is 5.91 Å². The molecule has 0 aromatic heterocycles. The monoisotopic (exact) mass is 232 g/mol. The number of amides is 1. The number of para-hydroxylation sites is 1. The van der Waals surface area contributed by atoms with Gasteiger partial charge in [-0.2, -0.15) is 0 Å². The van der Waals surface area contributed by atoms with Crippen molar-refractivity contribution >= 4 is 11.6 Å². The summed E-state index contributed by atoms with van der Waals surface area (Å²) in [7, 11) is 0. The van der Waals surface area contributed by atoms with Crippen LogP contribution in [0.4, 0.5) is 5.69 Å². The first-order valence-corrected chi connectivity index (χ1v) is 5.96. The molecule has 0 bridgehead atoms. The van der Waals surface area contributed by atoms with Gasteiger partial charge in [0, 0.05) is 31.7 Å². The smallest absolute Gasteiger partial charge is 0.228 e. The fourth-order valence-electron chi connectivity index (χ4n) is 1.65. The Morgan fingerprint density at radius 2 is 2.12 bits per heavy atom. The van der Waals surface area contributed by atoms with Crippen LogP contribution in [0.2, 0.25) is 0 Å². The molecule has 0 heterocycles. The van der Waals surface area contributed by atoms with Crippen molar-refractivity contribution in [2.75, 3.05) is 24.5 Å². The highest BCUT2D eigenvalue weighted by Crippen LogP contribution is 2.13. The van der Waals surface area contributed by atoms with Crippen molar-refractivity contribution in [2.24, 2.45) is 0 Å². The van der Waals surface area contributed by atoms with Gasteiger partial charge in [0.05, 0.1) is 0 Å². The van der Waals surface area contributed by atoms with Crippen LogP contribution < -0.4 is 10.2 Å². The largest absolute Gasteiger partial charge is 0.313 e. The molecule has 92 valence electrons. The van der Waals surface area contributed by atoms with Crippen LogP contribution >= 0.6 is 0 Å². The highest BCUT2D eigenvalue weighted by Gasteiger charge is 2.12. The summed E-state index contributed by atoms with van der Waals surface area (Å²) < 4.78 is 0. The molecular weight excluding hydrogens is 212 g/mol. The molecule has 1 aromatic rings. The number of anilines is 1. The van der Waals surface area contributed by atoms with Crippen LogP contribution in [0.25, 0.3) is 0 Å². The zero-order valence-electron chi connectivity index (χ0n) is 10.4. The van der Waals surface area contributed by atoms with E-state index in [1.807, 2.05) is 37.3 Å². The average molecular weight is 232 g/mol. The van der Waals surface area contributed by atoms with Crippen LogP contribution in [-0.4, -0.2) is 25.5 Å². The van der Waals surface area contributed by atoms with Crippen LogP contribution in [0.15, 0.2) is 43.0 Å². The van der Waals surface area contributed by atoms with Crippen molar-refractivity contribution in [3.05, 3.63) is 43.0 Å². The molecule has 3 nitrogen and oxygen atoms in total. The lowest BCUT2D eigenvalue weighted by Gasteiger charge is -2.21. The van der Waals surface area contributed by atoms with E-state index >= 15 is 0 Å². The van der Waals surface area contributed by atoms with E-state index < -0.39 is 0 Å². The zero-order chi connectivity index (χ0) is 12.5. The summed E-state index contributed by atoms with van der Waals surface area (Å²) in [6.45, 7) is 7.73. The number of benzene rings is 1. The first-order valence-electron chi connectivity index (χ1n) is 5.96. The average Bonchev–Trinajstić information content (AvgIpc) is 2.37. The number of nitrogens with zero attached hydrogens (tertiary/aromatic N) is 1. The van der Waals surface area contributed by atoms with E-state index in [-0.39, 0.29) is 5.91 Å². The number of hydrogen-bond donors (Lipinski definition) is 1. The summed E-state index contributed by atoms with van der Waals surface area (Å²) in [4.78, 5) is 13.8. The summed E-state index contributed by atoms with van der Waals surface area (Å²) in [5.74, 6) is 0.148. The molecule has 0 aliphatic rings. The van der Waals surface area contributed by atoms with E-state index in [0.717, 1.165) is 12.2 Å². The third-order valence-electron chi connectivity index (χ3n) is 2.49. The predicted octanol–water partition coefficient (Wildman–Crippen LogP) is 2.21. The molecule has 1 amide bonds. The highest BCUT2D eigenvalue weighted by atomic mass is 16.2. The molecule has 0 fully saturated rings. The number of nitrogens with one attached hydrogen (secondary N) is 1. The second-order valence-electron chi connectivity index (χ2n) is 3.72. The van der Waals surface area contributed by atoms with Crippen molar-refractivity contribution in [3.8, 4) is 0 Å². The first-order chi connectivity index (χ1) is 8.29. The Bertz CT molecular complexity index is 348. The lowest BCUT2D eigenvalue weighted by Crippen LogP contribution is -2.33. The Kier molecular flexibility index (Phi) is 6.04. The minimum Gasteiger partial charge on any atom is -0.313 e. The summed E-state index contributed by atoms with van der Waals surface area (Å²) in [6.07, 6.45) is 2.30. The molecule has 0 saturated heterocycles. The Morgan fingerprint density at radius 3 is 2.71 bits per heavy atom. The van der Waals surface area contributed by atoms with Crippen LogP contribution in [-0.2, 0) is 4.79 Å². The molecule has 0 aliphatic carbocycles. The zero-order valence-corrected chi connectivity index (χ0v) is 10.4. The van der Waals surface area contributed by atoms with Gasteiger partial charge in [0.1, 0.15) is 0 Å². The minimum absolute atomic E-state index is 0.148. The Hall–Kier alpha value is -1.61. The fraction of sp³-hybridized carbons (Fsp3) is 0.357. The molecular formula is C14H20N2O. The van der Waals surface area contributed by atoms with Gasteiger partial charge in [0.15, 0.2) is 0 Å². The van der Waals surface area contributed by atoms with Crippen LogP contribution in [0, 0.1) is 0 Å². The van der Waals surface area contributed by atoms with E-state index in [9.17, 15) is 4.79 Å². The van der Waals surface area contributed by atoms with Crippen molar-refractivity contribution < 1.29 is 4.79 Å². The highest BCUT2D eigenvalue weighted by molar-refractivity contribution is 5.93. The molecule has 1 aromatic carbocycles. The molecule has 17 heavy (non-hydrogen) atoms. The van der Waals surface area contributed by atoms with Gasteiger partial charge in [-0.15, -0.1) is 6.58 Å². The fourth-order valence-corrected chi connectivity index (χ4v) is 1.65. The second kappa shape index (κ2) is 7.63. The molecule has 0 atom stereocenters. The van der Waals surface area contributed by atoms with Crippen molar-refractivity contribution in [2.45, 2.75) is 13.3 Å². The Labute approximate surface area is 103 Å². The van der Waals surface area contributed by atoms with Gasteiger partial charge in [-0.3, -0.25) is 4.79 Å². The number of carbonyl (C=O) groups is 1. The number of rotatable bonds is 7. The van der Waals surface area contributed by atoms with Gasteiger partial charge in [0.25, 0.3) is 0 Å². The maximum atomic E-state index is 12.0. The standard InChI is InChI=1S/C14H20N2O/c1-3-11-15-12-10-14(17)16(4-2)13-8-6-5-7-9-13/h3,5-9,15H,1,4,10-12H2,2H3. The third kappa shape index (κ3) is 4.41. The van der Waals surface area contributed by atoms with Gasteiger partial charge in [-0.05, 0) is 19.1 Å². The summed E-state index contributed by atoms with van der Waals surface area (Å²) in [5.41, 5.74) is 0.962. The first kappa shape index (κ1) is 13.5. The molecule has 0 spiro atoms. The van der Waals surface area contributed by atoms with Gasteiger partial charge < -0.3 is 10.2 Å². The lowest BCUT2D eigenvalue weighted by molar-refractivity contribution is -0.118. The number of carbonyl (C=O) groups excluding carboxylic acids is 1. The van der Waals surface area contributed by atoms with E-state index in [0.29, 0.717) is 19.5 Å². The molecule has 1 N–H and O–H groups in total. The molecule has 1 rings (SSSR count). The SMILES string of the molecule is C=CCNCCC(=O)N(CC)c1ccccc1. The van der Waals surface area contributed by atoms with Crippen LogP contribution in [0.5, 0.6) is 0 Å². The normalized spacial score (nSPS) is 9.94. The molecule has 0 radical (unpaired) electrons. The van der Waals surface area contributed by atoms with Crippen molar-refractivity contribution in [3.63, 3.8) is 0 Å². The topological polar surface area (TPSA) is 32.3 Å².